The van der Waals surface area contributed by atoms with Crippen molar-refractivity contribution in [2.45, 2.75) is 6.54 Å². The molecule has 0 radical (unpaired) electrons. The standard InChI is InChI=1S/C15H16BrNO3/c1-19-12-5-3-4-11(8-12)17-9-10-6-13(16)15(18)14(7-10)20-2/h3-8,17-18H,9H2,1-2H3. The number of hydrogen-bond donors (Lipinski definition) is 2. The number of nitrogens with one attached hydrogen (secondary N) is 1. The SMILES string of the molecule is COc1cccc(NCc2cc(Br)c(O)c(OC)c2)c1. The fourth-order valence-electron chi connectivity index (χ4n) is 1.82. The quantitative estimate of drug-likeness (QED) is 0.871. The molecule has 0 saturated carbocycles. The highest BCUT2D eigenvalue weighted by atomic mass is 79.9. The first-order valence-electron chi connectivity index (χ1n) is 6.07. The summed E-state index contributed by atoms with van der Waals surface area (Å²) in [6.45, 7) is 0.613. The predicted octanol–water partition coefficient (Wildman–Crippen LogP) is 3.78. The second kappa shape index (κ2) is 6.52. The largest absolute Gasteiger partial charge is 0.503 e. The number of ether oxygens (including phenoxy) is 2. The maximum atomic E-state index is 9.77. The van der Waals surface area contributed by atoms with Crippen LogP contribution in [0.1, 0.15) is 5.56 Å². The molecule has 2 aromatic carbocycles. The number of halogens is 1. The Balaban J connectivity index is 2.12. The molecule has 2 aromatic rings. The number of hydrogen-bond acceptors (Lipinski definition) is 4. The summed E-state index contributed by atoms with van der Waals surface area (Å²) in [6.07, 6.45) is 0. The number of methoxy groups -OCH3 is 2. The fourth-order valence-corrected chi connectivity index (χ4v) is 2.31. The summed E-state index contributed by atoms with van der Waals surface area (Å²) in [5, 5.41) is 13.1. The van der Waals surface area contributed by atoms with Gasteiger partial charge in [-0.1, -0.05) is 6.07 Å². The summed E-state index contributed by atoms with van der Waals surface area (Å²) < 4.78 is 10.9. The van der Waals surface area contributed by atoms with E-state index in [1.54, 1.807) is 13.2 Å². The van der Waals surface area contributed by atoms with Crippen molar-refractivity contribution in [1.29, 1.82) is 0 Å². The van der Waals surface area contributed by atoms with E-state index in [1.807, 2.05) is 30.3 Å². The third kappa shape index (κ3) is 3.36. The number of rotatable bonds is 5. The van der Waals surface area contributed by atoms with Gasteiger partial charge in [0, 0.05) is 18.3 Å². The van der Waals surface area contributed by atoms with Crippen molar-refractivity contribution in [3.8, 4) is 17.2 Å². The average molecular weight is 338 g/mol. The molecule has 20 heavy (non-hydrogen) atoms. The van der Waals surface area contributed by atoms with Crippen LogP contribution < -0.4 is 14.8 Å². The molecule has 0 heterocycles. The highest BCUT2D eigenvalue weighted by Crippen LogP contribution is 2.35. The highest BCUT2D eigenvalue weighted by molar-refractivity contribution is 9.10. The van der Waals surface area contributed by atoms with Gasteiger partial charge in [-0.2, -0.15) is 0 Å². The Hall–Kier alpha value is -1.88. The van der Waals surface area contributed by atoms with Gasteiger partial charge in [0.15, 0.2) is 11.5 Å². The summed E-state index contributed by atoms with van der Waals surface area (Å²) >= 11 is 3.31. The second-order valence-corrected chi connectivity index (χ2v) is 5.07. The Kier molecular flexibility index (Phi) is 4.74. The van der Waals surface area contributed by atoms with Crippen molar-refractivity contribution in [1.82, 2.24) is 0 Å². The molecule has 0 aliphatic heterocycles. The number of benzene rings is 2. The zero-order chi connectivity index (χ0) is 14.5. The first-order chi connectivity index (χ1) is 9.63. The molecular formula is C15H16BrNO3. The minimum Gasteiger partial charge on any atom is -0.503 e. The van der Waals surface area contributed by atoms with Crippen molar-refractivity contribution in [3.63, 3.8) is 0 Å². The van der Waals surface area contributed by atoms with E-state index in [-0.39, 0.29) is 5.75 Å². The maximum Gasteiger partial charge on any atom is 0.172 e. The molecule has 4 nitrogen and oxygen atoms in total. The van der Waals surface area contributed by atoms with Crippen LogP contribution in [0, 0.1) is 0 Å². The van der Waals surface area contributed by atoms with Crippen LogP contribution in [0.3, 0.4) is 0 Å². The molecule has 2 rings (SSSR count). The van der Waals surface area contributed by atoms with Gasteiger partial charge in [0.2, 0.25) is 0 Å². The van der Waals surface area contributed by atoms with E-state index in [0.29, 0.717) is 16.8 Å². The normalized spacial score (nSPS) is 10.2. The lowest BCUT2D eigenvalue weighted by Crippen LogP contribution is -2.00. The number of anilines is 1. The van der Waals surface area contributed by atoms with Gasteiger partial charge in [-0.15, -0.1) is 0 Å². The molecule has 0 unspecified atom stereocenters. The molecule has 0 atom stereocenters. The van der Waals surface area contributed by atoms with Gasteiger partial charge in [-0.3, -0.25) is 0 Å². The molecular weight excluding hydrogens is 322 g/mol. The van der Waals surface area contributed by atoms with E-state index < -0.39 is 0 Å². The third-order valence-corrected chi connectivity index (χ3v) is 3.48. The highest BCUT2D eigenvalue weighted by Gasteiger charge is 2.08. The monoisotopic (exact) mass is 337 g/mol. The summed E-state index contributed by atoms with van der Waals surface area (Å²) in [5.74, 6) is 1.36. The Morgan fingerprint density at radius 2 is 1.95 bits per heavy atom. The van der Waals surface area contributed by atoms with Crippen molar-refractivity contribution in [3.05, 3.63) is 46.4 Å². The van der Waals surface area contributed by atoms with Crippen LogP contribution in [0.25, 0.3) is 0 Å². The number of aromatic hydroxyl groups is 1. The zero-order valence-corrected chi connectivity index (χ0v) is 12.9. The van der Waals surface area contributed by atoms with Crippen LogP contribution in [0.5, 0.6) is 17.2 Å². The molecule has 106 valence electrons. The number of phenolic OH excluding ortho intramolecular Hbond substituents is 1. The van der Waals surface area contributed by atoms with Crippen LogP contribution in [-0.4, -0.2) is 19.3 Å². The summed E-state index contributed by atoms with van der Waals surface area (Å²) in [6, 6.07) is 11.4. The first-order valence-corrected chi connectivity index (χ1v) is 6.86. The minimum atomic E-state index is 0.109. The van der Waals surface area contributed by atoms with E-state index in [4.69, 9.17) is 9.47 Å². The molecule has 0 aromatic heterocycles. The zero-order valence-electron chi connectivity index (χ0n) is 11.3. The molecule has 0 spiro atoms. The summed E-state index contributed by atoms with van der Waals surface area (Å²) in [4.78, 5) is 0. The van der Waals surface area contributed by atoms with Gasteiger partial charge in [-0.05, 0) is 45.8 Å². The van der Waals surface area contributed by atoms with E-state index >= 15 is 0 Å². The molecule has 0 amide bonds. The van der Waals surface area contributed by atoms with Gasteiger partial charge in [0.1, 0.15) is 5.75 Å². The maximum absolute atomic E-state index is 9.77. The number of phenols is 1. The van der Waals surface area contributed by atoms with Gasteiger partial charge in [0.25, 0.3) is 0 Å². The Morgan fingerprint density at radius 3 is 2.65 bits per heavy atom. The van der Waals surface area contributed by atoms with Gasteiger partial charge < -0.3 is 19.9 Å². The van der Waals surface area contributed by atoms with Gasteiger partial charge in [-0.25, -0.2) is 0 Å². The molecule has 0 aliphatic rings. The van der Waals surface area contributed by atoms with Crippen LogP contribution in [0.15, 0.2) is 40.9 Å². The van der Waals surface area contributed by atoms with Crippen molar-refractivity contribution >= 4 is 21.6 Å². The van der Waals surface area contributed by atoms with Crippen LogP contribution in [-0.2, 0) is 6.54 Å². The van der Waals surface area contributed by atoms with E-state index in [9.17, 15) is 5.11 Å². The smallest absolute Gasteiger partial charge is 0.172 e. The minimum absolute atomic E-state index is 0.109. The van der Waals surface area contributed by atoms with E-state index in [0.717, 1.165) is 17.0 Å². The van der Waals surface area contributed by atoms with Crippen LogP contribution >= 0.6 is 15.9 Å². The third-order valence-electron chi connectivity index (χ3n) is 2.87. The topological polar surface area (TPSA) is 50.7 Å². The fraction of sp³-hybridized carbons (Fsp3) is 0.200. The summed E-state index contributed by atoms with van der Waals surface area (Å²) in [5.41, 5.74) is 1.96. The van der Waals surface area contributed by atoms with Gasteiger partial charge >= 0.3 is 0 Å². The molecule has 0 fully saturated rings. The average Bonchev–Trinajstić information content (AvgIpc) is 2.48. The molecule has 5 heteroatoms. The van der Waals surface area contributed by atoms with E-state index in [2.05, 4.69) is 21.2 Å². The molecule has 0 aliphatic carbocycles. The van der Waals surface area contributed by atoms with Gasteiger partial charge in [0.05, 0.1) is 18.7 Å². The van der Waals surface area contributed by atoms with Crippen molar-refractivity contribution < 1.29 is 14.6 Å². The van der Waals surface area contributed by atoms with Crippen LogP contribution in [0.2, 0.25) is 0 Å². The Bertz CT molecular complexity index is 602. The Labute approximate surface area is 126 Å². The summed E-state index contributed by atoms with van der Waals surface area (Å²) in [7, 11) is 3.17. The first kappa shape index (κ1) is 14.5. The van der Waals surface area contributed by atoms with Crippen LogP contribution in [0.4, 0.5) is 5.69 Å². The lowest BCUT2D eigenvalue weighted by atomic mass is 10.2. The molecule has 2 N–H and O–H groups in total. The lowest BCUT2D eigenvalue weighted by molar-refractivity contribution is 0.371. The van der Waals surface area contributed by atoms with Crippen molar-refractivity contribution in [2.75, 3.05) is 19.5 Å². The lowest BCUT2D eigenvalue weighted by Gasteiger charge is -2.11. The van der Waals surface area contributed by atoms with Crippen molar-refractivity contribution in [2.24, 2.45) is 0 Å². The molecule has 0 saturated heterocycles. The predicted molar refractivity (Wildman–Crippen MR) is 82.7 cm³/mol. The molecule has 0 bridgehead atoms. The second-order valence-electron chi connectivity index (χ2n) is 4.21. The Morgan fingerprint density at radius 1 is 1.15 bits per heavy atom. The van der Waals surface area contributed by atoms with E-state index in [1.165, 1.54) is 7.11 Å².